The number of rotatable bonds is 8. The van der Waals surface area contributed by atoms with Gasteiger partial charge in [-0.3, -0.25) is 35.9 Å². The number of nitrogens with one attached hydrogen (secondary N) is 3. The van der Waals surface area contributed by atoms with Crippen molar-refractivity contribution in [2.24, 2.45) is 0 Å². The maximum Gasteiger partial charge on any atom is 0.355 e. The van der Waals surface area contributed by atoms with E-state index in [9.17, 15) is 25.0 Å². The molecule has 3 rings (SSSR count). The molecule has 31 heavy (non-hydrogen) atoms. The summed E-state index contributed by atoms with van der Waals surface area (Å²) < 4.78 is 0. The molecule has 0 saturated heterocycles. The molecule has 0 radical (unpaired) electrons. The van der Waals surface area contributed by atoms with Crippen LogP contribution in [0.25, 0.3) is 0 Å². The number of carbonyl (C=O) groups is 1. The predicted molar refractivity (Wildman–Crippen MR) is 110 cm³/mol. The van der Waals surface area contributed by atoms with E-state index in [0.717, 1.165) is 11.9 Å². The van der Waals surface area contributed by atoms with E-state index in [1.54, 1.807) is 18.3 Å². The quantitative estimate of drug-likeness (QED) is 0.359. The molecule has 3 N–H and O–H groups in total. The van der Waals surface area contributed by atoms with E-state index in [1.165, 1.54) is 24.3 Å². The number of hydrogen-bond acceptors (Lipinski definition) is 10. The first-order valence-corrected chi connectivity index (χ1v) is 8.80. The van der Waals surface area contributed by atoms with Gasteiger partial charge in [-0.05, 0) is 30.2 Å². The van der Waals surface area contributed by atoms with Crippen molar-refractivity contribution in [3.63, 3.8) is 0 Å². The summed E-state index contributed by atoms with van der Waals surface area (Å²) >= 11 is 0. The number of nitrogens with zero attached hydrogens (tertiary/aromatic N) is 5. The Hall–Kier alpha value is -4.68. The topological polar surface area (TPSA) is 178 Å². The fourth-order valence-corrected chi connectivity index (χ4v) is 2.55. The molecule has 0 spiro atoms. The van der Waals surface area contributed by atoms with Crippen LogP contribution in [-0.2, 0) is 11.2 Å². The molecule has 0 aliphatic rings. The molecule has 0 bridgehead atoms. The highest BCUT2D eigenvalue weighted by atomic mass is 16.6. The molecule has 0 fully saturated rings. The Bertz CT molecular complexity index is 1140. The second kappa shape index (κ2) is 9.21. The molecule has 1 amide bonds. The third kappa shape index (κ3) is 5.44. The number of benzene rings is 1. The van der Waals surface area contributed by atoms with Crippen molar-refractivity contribution in [3.8, 4) is 0 Å². The van der Waals surface area contributed by atoms with Crippen LogP contribution >= 0.6 is 0 Å². The van der Waals surface area contributed by atoms with Gasteiger partial charge >= 0.3 is 5.69 Å². The van der Waals surface area contributed by atoms with Gasteiger partial charge < -0.3 is 5.32 Å². The molecule has 2 aromatic heterocycles. The molecular formula is C18H16N8O5. The predicted octanol–water partition coefficient (Wildman–Crippen LogP) is 2.43. The molecule has 0 atom stereocenters. The largest absolute Gasteiger partial charge is 0.355 e. The van der Waals surface area contributed by atoms with Gasteiger partial charge in [0.2, 0.25) is 17.5 Å². The number of amides is 1. The number of nitro groups is 2. The van der Waals surface area contributed by atoms with Crippen LogP contribution < -0.4 is 16.2 Å². The zero-order valence-corrected chi connectivity index (χ0v) is 16.1. The minimum Gasteiger partial charge on any atom is -0.319 e. The second-order valence-corrected chi connectivity index (χ2v) is 6.29. The Morgan fingerprint density at radius 1 is 1.00 bits per heavy atom. The second-order valence-electron chi connectivity index (χ2n) is 6.29. The Balaban J connectivity index is 1.71. The lowest BCUT2D eigenvalue weighted by Crippen LogP contribution is -2.31. The summed E-state index contributed by atoms with van der Waals surface area (Å²) in [6, 6.07) is 8.91. The van der Waals surface area contributed by atoms with E-state index in [-0.39, 0.29) is 23.7 Å². The number of aryl methyl sites for hydroxylation is 1. The summed E-state index contributed by atoms with van der Waals surface area (Å²) in [5.74, 6) is -0.510. The van der Waals surface area contributed by atoms with E-state index < -0.39 is 21.4 Å². The zero-order valence-electron chi connectivity index (χ0n) is 16.1. The minimum absolute atomic E-state index is 0.0953. The number of non-ortho nitro benzene ring substituents is 1. The van der Waals surface area contributed by atoms with E-state index in [4.69, 9.17) is 0 Å². The van der Waals surface area contributed by atoms with Gasteiger partial charge in [0.05, 0.1) is 16.3 Å². The fraction of sp³-hybridized carbons (Fsp3) is 0.111. The van der Waals surface area contributed by atoms with Gasteiger partial charge in [-0.2, -0.15) is 0 Å². The van der Waals surface area contributed by atoms with Gasteiger partial charge in [0.15, 0.2) is 0 Å². The van der Waals surface area contributed by atoms with E-state index in [1.807, 2.05) is 6.92 Å². The number of aromatic nitrogens is 3. The van der Waals surface area contributed by atoms with Gasteiger partial charge in [-0.25, -0.2) is 15.0 Å². The summed E-state index contributed by atoms with van der Waals surface area (Å²) in [4.78, 5) is 45.0. The Morgan fingerprint density at radius 2 is 1.71 bits per heavy atom. The number of nitro benzene ring substituents is 1. The van der Waals surface area contributed by atoms with Gasteiger partial charge in [-0.15, -0.1) is 0 Å². The highest BCUT2D eigenvalue weighted by Gasteiger charge is 2.24. The van der Waals surface area contributed by atoms with Gasteiger partial charge in [-0.1, -0.05) is 12.1 Å². The molecule has 13 nitrogen and oxygen atoms in total. The lowest BCUT2D eigenvalue weighted by molar-refractivity contribution is -0.384. The van der Waals surface area contributed by atoms with Crippen molar-refractivity contribution in [1.29, 1.82) is 0 Å². The molecule has 0 aliphatic carbocycles. The number of pyridine rings is 1. The first-order chi connectivity index (χ1) is 14.8. The molecular weight excluding hydrogens is 408 g/mol. The minimum atomic E-state index is -0.692. The van der Waals surface area contributed by atoms with Crippen LogP contribution in [0, 0.1) is 27.2 Å². The molecule has 13 heteroatoms. The highest BCUT2D eigenvalue weighted by molar-refractivity contribution is 5.81. The number of anilines is 3. The molecule has 0 aliphatic heterocycles. The van der Waals surface area contributed by atoms with Crippen LogP contribution in [0.4, 0.5) is 28.8 Å². The maximum absolute atomic E-state index is 12.2. The molecule has 158 valence electrons. The normalized spacial score (nSPS) is 10.2. The average Bonchev–Trinajstić information content (AvgIpc) is 2.72. The van der Waals surface area contributed by atoms with Crippen molar-refractivity contribution in [3.05, 3.63) is 80.3 Å². The van der Waals surface area contributed by atoms with E-state index in [2.05, 4.69) is 31.1 Å². The van der Waals surface area contributed by atoms with Crippen molar-refractivity contribution < 1.29 is 14.6 Å². The zero-order chi connectivity index (χ0) is 22.4. The summed E-state index contributed by atoms with van der Waals surface area (Å²) in [6.45, 7) is 1.84. The van der Waals surface area contributed by atoms with Crippen molar-refractivity contribution in [2.45, 2.75) is 13.3 Å². The smallest absolute Gasteiger partial charge is 0.319 e. The Morgan fingerprint density at radius 3 is 2.35 bits per heavy atom. The monoisotopic (exact) mass is 424 g/mol. The molecule has 2 heterocycles. The number of hydrazine groups is 1. The molecule has 1 aromatic carbocycles. The number of hydrogen-bond donors (Lipinski definition) is 3. The summed E-state index contributed by atoms with van der Waals surface area (Å²) in [7, 11) is 0. The first kappa shape index (κ1) is 21.0. The van der Waals surface area contributed by atoms with Crippen LogP contribution in [0.5, 0.6) is 0 Å². The maximum atomic E-state index is 12.2. The first-order valence-electron chi connectivity index (χ1n) is 8.80. The molecule has 0 unspecified atom stereocenters. The summed E-state index contributed by atoms with van der Waals surface area (Å²) in [5, 5.41) is 25.0. The fourth-order valence-electron chi connectivity index (χ4n) is 2.55. The van der Waals surface area contributed by atoms with Crippen LogP contribution in [0.15, 0.2) is 48.9 Å². The lowest BCUT2D eigenvalue weighted by Gasteiger charge is -2.11. The van der Waals surface area contributed by atoms with Crippen LogP contribution in [0.1, 0.15) is 11.1 Å². The van der Waals surface area contributed by atoms with Gasteiger partial charge in [0.1, 0.15) is 12.1 Å². The summed E-state index contributed by atoms with van der Waals surface area (Å²) in [6.07, 6.45) is 2.53. The lowest BCUT2D eigenvalue weighted by atomic mass is 10.1. The highest BCUT2D eigenvalue weighted by Crippen LogP contribution is 2.30. The standard InChI is InChI=1S/C18H16N8O5/c1-11-6-7-19-14(8-11)22-17-16(26(30)31)18(21-10-20-17)24-23-15(27)9-12-2-4-13(5-3-12)25(28)29/h2-8,10H,9H2,1H3,(H,23,27)(H2,19,20,21,22,24). The van der Waals surface area contributed by atoms with E-state index in [0.29, 0.717) is 11.4 Å². The average molecular weight is 424 g/mol. The third-order valence-electron chi connectivity index (χ3n) is 4.00. The van der Waals surface area contributed by atoms with Crippen LogP contribution in [0.2, 0.25) is 0 Å². The Labute approximate surface area is 174 Å². The van der Waals surface area contributed by atoms with Crippen molar-refractivity contribution >= 4 is 34.7 Å². The van der Waals surface area contributed by atoms with E-state index >= 15 is 0 Å². The third-order valence-corrected chi connectivity index (χ3v) is 4.00. The molecule has 0 saturated carbocycles. The van der Waals surface area contributed by atoms with Crippen molar-refractivity contribution in [2.75, 3.05) is 10.7 Å². The van der Waals surface area contributed by atoms with Gasteiger partial charge in [0, 0.05) is 18.3 Å². The molecule has 3 aromatic rings. The SMILES string of the molecule is Cc1ccnc(Nc2ncnc(NNC(=O)Cc3ccc([N+](=O)[O-])cc3)c2[N+](=O)[O-])c1. The van der Waals surface area contributed by atoms with Gasteiger partial charge in [0.25, 0.3) is 5.69 Å². The van der Waals surface area contributed by atoms with Crippen LogP contribution in [0.3, 0.4) is 0 Å². The van der Waals surface area contributed by atoms with Crippen molar-refractivity contribution in [1.82, 2.24) is 20.4 Å². The Kier molecular flexibility index (Phi) is 6.25. The summed E-state index contributed by atoms with van der Waals surface area (Å²) in [5.41, 5.74) is 5.58. The van der Waals surface area contributed by atoms with Crippen LogP contribution in [-0.4, -0.2) is 30.7 Å². The number of carbonyl (C=O) groups excluding carboxylic acids is 1.